The topological polar surface area (TPSA) is 966 Å². The first-order valence-electron chi connectivity index (χ1n) is 36.4. The molecule has 0 radical (unpaired) electrons. The van der Waals surface area contributed by atoms with Gasteiger partial charge in [0.25, 0.3) is 56.2 Å². The van der Waals surface area contributed by atoms with Gasteiger partial charge >= 0.3 is 20.1 Å². The van der Waals surface area contributed by atoms with Crippen LogP contribution in [0.15, 0.2) is 118 Å². The Kier molecular flexibility index (Phi) is 38.5. The normalized spacial score (nSPS) is 27.5. The number of aliphatic hydroxyl groups excluding tert-OH is 7. The molecule has 68 heteroatoms. The Bertz CT molecular complexity index is 6150. The molecular weight excluding hydrogens is 2030 g/mol. The molecule has 4 aliphatic rings. The summed E-state index contributed by atoms with van der Waals surface area (Å²) in [6, 6.07) is 27.5. The van der Waals surface area contributed by atoms with E-state index in [1.807, 2.05) is 0 Å². The summed E-state index contributed by atoms with van der Waals surface area (Å²) in [7, 11) is -52.5. The van der Waals surface area contributed by atoms with Crippen LogP contribution >= 0.6 is 70.2 Å². The highest BCUT2D eigenvalue weighted by Crippen LogP contribution is 2.56. The number of phosphoric ester groups is 8. The van der Waals surface area contributed by atoms with Crippen molar-refractivity contribution >= 4 is 143 Å². The number of rotatable bonds is 30. The summed E-state index contributed by atoms with van der Waals surface area (Å²) < 4.78 is 179. The molecule has 4 aliphatic carbocycles. The second kappa shape index (κ2) is 44.7. The summed E-state index contributed by atoms with van der Waals surface area (Å²) >= 11 is 0. The van der Waals surface area contributed by atoms with E-state index in [0.717, 1.165) is 44.0 Å². The van der Waals surface area contributed by atoms with E-state index in [1.54, 1.807) is 72.8 Å². The van der Waals surface area contributed by atoms with Gasteiger partial charge in [-0.25, -0.2) is 14.2 Å². The first-order valence-corrected chi connectivity index (χ1v) is 50.2. The number of ether oxygens (including phenoxy) is 4. The summed E-state index contributed by atoms with van der Waals surface area (Å²) in [5.74, 6) is 0. The molecule has 8 aromatic rings. The maximum absolute atomic E-state index is 13.1. The number of furan rings is 2. The monoisotopic (exact) mass is 2120 g/mol. The van der Waals surface area contributed by atoms with Crippen LogP contribution in [0.3, 0.4) is 0 Å². The Labute approximate surface area is 763 Å². The molecule has 0 aliphatic heterocycles. The highest BCUT2D eigenvalue weighted by Gasteiger charge is 2.60. The molecule has 13 N–H and O–H groups in total. The minimum absolute atomic E-state index is 0. The van der Waals surface area contributed by atoms with E-state index in [1.165, 1.54) is 24.3 Å². The van der Waals surface area contributed by atoms with Crippen molar-refractivity contribution in [1.82, 2.24) is 0 Å². The second-order valence-corrected chi connectivity index (χ2v) is 39.7. The van der Waals surface area contributed by atoms with Gasteiger partial charge in [0.2, 0.25) is 0 Å². The largest absolute Gasteiger partial charge is 0.790 e. The summed E-state index contributed by atoms with van der Waals surface area (Å²) in [4.78, 5) is 230. The molecule has 3 saturated carbocycles. The summed E-state index contributed by atoms with van der Waals surface area (Å²) in [6.45, 7) is 3.91. The lowest BCUT2D eigenvalue weighted by atomic mass is 9.85. The van der Waals surface area contributed by atoms with Crippen molar-refractivity contribution < 1.29 is 253 Å². The average molecular weight is 2120 g/mol. The van der Waals surface area contributed by atoms with E-state index in [-0.39, 0.29) is 57.6 Å². The van der Waals surface area contributed by atoms with Gasteiger partial charge in [0, 0.05) is 34.3 Å². The first-order chi connectivity index (χ1) is 60.6. The Morgan fingerprint density at radius 1 is 0.353 bits per heavy atom. The van der Waals surface area contributed by atoms with E-state index in [2.05, 4.69) is 36.2 Å². The maximum Gasteiger partial charge on any atom is 0.509 e. The lowest BCUT2D eigenvalue weighted by Crippen LogP contribution is -2.66. The Hall–Kier alpha value is -7.59. The van der Waals surface area contributed by atoms with Gasteiger partial charge in [-0.1, -0.05) is 90.4 Å². The molecule has 3 fully saturated rings. The summed E-state index contributed by atoms with van der Waals surface area (Å²) in [6.07, 6.45) is -56.1. The predicted octanol–water partition coefficient (Wildman–Crippen LogP) is 0.220. The van der Waals surface area contributed by atoms with E-state index in [4.69, 9.17) is 51.5 Å². The Morgan fingerprint density at radius 2 is 0.662 bits per heavy atom. The molecule has 0 spiro atoms. The third-order valence-electron chi connectivity index (χ3n) is 19.6. The van der Waals surface area contributed by atoms with Crippen molar-refractivity contribution in [2.75, 3.05) is 6.66 Å². The second-order valence-electron chi connectivity index (χ2n) is 28.7. The number of aliphatic hydroxyl groups is 7. The third kappa shape index (κ3) is 29.5. The van der Waals surface area contributed by atoms with Gasteiger partial charge in [0.15, 0.2) is 12.2 Å². The number of hydrogen-bond donors (Lipinski definition) is 13. The number of nitrogens with zero attached hydrogens (tertiary/aromatic N) is 3. The van der Waals surface area contributed by atoms with Crippen molar-refractivity contribution in [2.45, 2.75) is 185 Å². The zero-order valence-corrected chi connectivity index (χ0v) is 74.0. The molecule has 12 rings (SSSR count). The molecule has 136 heavy (non-hydrogen) atoms. The van der Waals surface area contributed by atoms with Crippen molar-refractivity contribution in [1.29, 1.82) is 0 Å². The number of nitro groups is 3. The van der Waals surface area contributed by atoms with Gasteiger partial charge < -0.3 is 192 Å². The van der Waals surface area contributed by atoms with Crippen LogP contribution in [0.5, 0.6) is 0 Å². The molecule has 28 atom stereocenters. The third-order valence-corrected chi connectivity index (χ3v) is 24.8. The standard InChI is InChI=1S/C22H26NO19P3.C21H24NO20P3.C21H26NO17P3.4CH4/c1-9(13-8-14-11(7-15(13)23(27)28)6-10-4-2-3-5-12(10)14)38-22(26)39-20-18(40-43(29,30)31)16(24)17(25)19(41-44(32,33)34)21(20)42-45(35,36)37;1-8(10-6-11-9-4-2-3-5-13(9)38-14(11)7-12(10)22(26)27)37-21(25)39-19-17(40-43(28,29)30)15(23)16(24)18(41-44(31,32)33)20(19)42-45(34,35)36;1-9(11-7-12-10-5-3-4-6-14(10)35-15(12)8-13(11)22(26)27)36-42(33,34)39-21-18(25)19(37-40(2,28)29)16(23)17(24)20(21)38-41(30,31)32;;;;/h2-5,7-9,16-21,24-25H,6H2,1H3,(H2,29,30,31)(H2,32,33,34)(H2,35,36,37);2-8,15-20,23-24H,1H3,(H2,28,29,30)(H2,31,32,33)(H2,34,35,36);3-9,16-21,23-25H,1-2H3,(H,28,29)(H,33,34)(H2,30,31,32);4*1H4/p-10. The quantitative estimate of drug-likeness (QED) is 0.0124. The number of benzene rings is 6. The number of hydrogen-bond acceptors (Lipinski definition) is 50. The van der Waals surface area contributed by atoms with Crippen LogP contribution < -0.4 is 48.9 Å². The predicted molar refractivity (Wildman–Crippen MR) is 432 cm³/mol. The minimum atomic E-state index is -6.21. The number of carbonyl (C=O) groups is 2. The van der Waals surface area contributed by atoms with Gasteiger partial charge in [-0.05, 0) is 79.8 Å². The zero-order chi connectivity index (χ0) is 98.7. The number of nitro benzene ring substituents is 3. The van der Waals surface area contributed by atoms with Crippen molar-refractivity contribution in [3.63, 3.8) is 0 Å². The maximum atomic E-state index is 13.1. The molecule has 59 nitrogen and oxygen atoms in total. The van der Waals surface area contributed by atoms with Crippen molar-refractivity contribution in [3.05, 3.63) is 167 Å². The SMILES string of the molecule is C.C.C.C.CC(OC(=O)OC1C(OP(=O)([O-])[O-])C(O)C(O)C(OP(=O)([O-])O)C1OP(=O)([O-])O)c1cc2c(cc1[N+](=O)[O-])Cc1ccccc1-2.CC(OC(=O)OC1C(OP(=O)([O-])[O-])C(O)C(O)C(OP(=O)([O-])O)C1OP(=O)([O-])O)c1cc2c(cc1[N+](=O)[O-])oc1ccccc12.CC(OP(=O)(O)OC1C(O)C(OP(C)(=O)[O-])C(O)C(O)C1OP(=O)([O-])O)c1cc2c(cc1[N+](=O)[O-])oc1ccccc12. The van der Waals surface area contributed by atoms with E-state index >= 15 is 0 Å². The van der Waals surface area contributed by atoms with Crippen LogP contribution in [0.2, 0.25) is 0 Å². The van der Waals surface area contributed by atoms with Gasteiger partial charge in [-0.2, -0.15) is 0 Å². The fourth-order valence-corrected chi connectivity index (χ4v) is 20.1. The van der Waals surface area contributed by atoms with Gasteiger partial charge in [-0.3, -0.25) is 62.2 Å². The molecule has 28 unspecified atom stereocenters. The molecule has 0 bridgehead atoms. The van der Waals surface area contributed by atoms with Gasteiger partial charge in [0.05, 0.1) is 65.3 Å². The number of phosphoric acid groups is 8. The van der Waals surface area contributed by atoms with Crippen LogP contribution in [-0.4, -0.2) is 209 Å². The zero-order valence-electron chi connectivity index (χ0n) is 66.0. The van der Waals surface area contributed by atoms with E-state index < -0.39 is 243 Å². The summed E-state index contributed by atoms with van der Waals surface area (Å²) in [5.41, 5.74) is 1.38. The molecular formula is C68H82N3O56P9-10. The molecule has 0 amide bonds. The lowest BCUT2D eigenvalue weighted by Gasteiger charge is -2.49. The van der Waals surface area contributed by atoms with Gasteiger partial charge in [0.1, 0.15) is 140 Å². The smallest absolute Gasteiger partial charge is 0.509 e. The van der Waals surface area contributed by atoms with Crippen LogP contribution in [-0.2, 0) is 112 Å². The molecule has 2 heterocycles. The van der Waals surface area contributed by atoms with Gasteiger partial charge in [-0.15, -0.1) is 0 Å². The van der Waals surface area contributed by atoms with Crippen LogP contribution in [0.1, 0.15) is 96.6 Å². The Morgan fingerprint density at radius 3 is 1.02 bits per heavy atom. The van der Waals surface area contributed by atoms with E-state index in [9.17, 15) is 180 Å². The van der Waals surface area contributed by atoms with Crippen molar-refractivity contribution in [2.24, 2.45) is 0 Å². The Balaban J connectivity index is 0.000000309. The number of para-hydroxylation sites is 2. The van der Waals surface area contributed by atoms with Crippen molar-refractivity contribution in [3.8, 4) is 11.1 Å². The fraction of sp³-hybridized carbons (Fsp3) is 0.441. The highest BCUT2D eigenvalue weighted by molar-refractivity contribution is 7.50. The lowest BCUT2D eigenvalue weighted by molar-refractivity contribution is -0.386. The molecule has 2 aromatic heterocycles. The molecule has 0 saturated heterocycles. The average Bonchev–Trinajstić information content (AvgIpc) is 1.07. The fourth-order valence-electron chi connectivity index (χ4n) is 14.4. The number of carbonyl (C=O) groups excluding carboxylic acids is 2. The van der Waals surface area contributed by atoms with Crippen LogP contribution in [0, 0.1) is 30.3 Å². The molecule has 760 valence electrons. The highest BCUT2D eigenvalue weighted by atomic mass is 31.2. The summed E-state index contributed by atoms with van der Waals surface area (Å²) in [5, 5.41) is 110. The number of fused-ring (bicyclic) bond motifs is 9. The van der Waals surface area contributed by atoms with Crippen LogP contribution in [0.4, 0.5) is 26.7 Å². The van der Waals surface area contributed by atoms with E-state index in [0.29, 0.717) is 56.9 Å². The van der Waals surface area contributed by atoms with Crippen LogP contribution in [0.25, 0.3) is 55.0 Å². The minimum Gasteiger partial charge on any atom is -0.790 e. The molecule has 6 aromatic carbocycles. The first kappa shape index (κ1) is 117.